The normalized spacial score (nSPS) is 19.1. The molecule has 1 unspecified atom stereocenters. The minimum absolute atomic E-state index is 0.149. The number of benzene rings is 1. The van der Waals surface area contributed by atoms with Crippen molar-refractivity contribution in [1.82, 2.24) is 15.3 Å². The predicted octanol–water partition coefficient (Wildman–Crippen LogP) is 0.781. The monoisotopic (exact) mass is 273 g/mol. The molecule has 1 aliphatic rings. The van der Waals surface area contributed by atoms with Crippen molar-refractivity contribution in [3.63, 3.8) is 0 Å². The summed E-state index contributed by atoms with van der Waals surface area (Å²) in [6.07, 6.45) is 0.671. The van der Waals surface area contributed by atoms with Gasteiger partial charge in [-0.05, 0) is 24.6 Å². The maximum atomic E-state index is 11.8. The fraction of sp³-hybridized carbons (Fsp3) is 0.231. The summed E-state index contributed by atoms with van der Waals surface area (Å²) in [5.74, 6) is -1.74. The van der Waals surface area contributed by atoms with Crippen LogP contribution in [-0.2, 0) is 9.59 Å². The zero-order valence-corrected chi connectivity index (χ0v) is 10.3. The number of carbonyl (C=O) groups excluding carboxylic acids is 2. The molecule has 20 heavy (non-hydrogen) atoms. The number of piperidine rings is 1. The number of carbonyl (C=O) groups is 3. The van der Waals surface area contributed by atoms with Gasteiger partial charge in [0, 0.05) is 6.42 Å². The highest BCUT2D eigenvalue weighted by Crippen LogP contribution is 2.25. The summed E-state index contributed by atoms with van der Waals surface area (Å²) in [6, 6.07) is 4.52. The Hall–Kier alpha value is -2.70. The summed E-state index contributed by atoms with van der Waals surface area (Å²) in [5.41, 5.74) is 1.30. The molecule has 0 aliphatic carbocycles. The number of H-pyrrole nitrogens is 1. The number of hydrogen-bond acceptors (Lipinski definition) is 4. The first-order valence-corrected chi connectivity index (χ1v) is 6.11. The van der Waals surface area contributed by atoms with E-state index >= 15 is 0 Å². The Morgan fingerprint density at radius 2 is 2.15 bits per heavy atom. The second-order valence-corrected chi connectivity index (χ2v) is 4.66. The summed E-state index contributed by atoms with van der Waals surface area (Å²) < 4.78 is 0. The SMILES string of the molecule is O=C1CCC(c2nc3ccc(C(=O)O)cc3[nH]2)C(=O)N1. The van der Waals surface area contributed by atoms with Gasteiger partial charge in [0.2, 0.25) is 11.8 Å². The number of hydrogen-bond donors (Lipinski definition) is 3. The Morgan fingerprint density at radius 1 is 1.35 bits per heavy atom. The van der Waals surface area contributed by atoms with Crippen molar-refractivity contribution >= 4 is 28.8 Å². The molecule has 3 N–H and O–H groups in total. The van der Waals surface area contributed by atoms with Crippen LogP contribution in [0.2, 0.25) is 0 Å². The second-order valence-electron chi connectivity index (χ2n) is 4.66. The van der Waals surface area contributed by atoms with Crippen molar-refractivity contribution in [2.75, 3.05) is 0 Å². The highest BCUT2D eigenvalue weighted by Gasteiger charge is 2.30. The van der Waals surface area contributed by atoms with E-state index in [1.165, 1.54) is 12.1 Å². The van der Waals surface area contributed by atoms with Gasteiger partial charge in [-0.2, -0.15) is 0 Å². The van der Waals surface area contributed by atoms with Gasteiger partial charge >= 0.3 is 5.97 Å². The van der Waals surface area contributed by atoms with E-state index in [4.69, 9.17) is 5.11 Å². The van der Waals surface area contributed by atoms with Gasteiger partial charge < -0.3 is 10.1 Å². The number of imide groups is 1. The number of carboxylic acid groups (broad SMARTS) is 1. The van der Waals surface area contributed by atoms with Crippen LogP contribution in [0.5, 0.6) is 0 Å². The number of carboxylic acids is 1. The summed E-state index contributed by atoms with van der Waals surface area (Å²) in [7, 11) is 0. The lowest BCUT2D eigenvalue weighted by Gasteiger charge is -2.18. The van der Waals surface area contributed by atoms with Crippen molar-refractivity contribution < 1.29 is 19.5 Å². The maximum Gasteiger partial charge on any atom is 0.335 e. The van der Waals surface area contributed by atoms with Crippen LogP contribution in [0.3, 0.4) is 0 Å². The highest BCUT2D eigenvalue weighted by atomic mass is 16.4. The van der Waals surface area contributed by atoms with E-state index in [0.717, 1.165) is 0 Å². The van der Waals surface area contributed by atoms with Crippen LogP contribution in [0.4, 0.5) is 0 Å². The van der Waals surface area contributed by atoms with Crippen molar-refractivity contribution in [2.24, 2.45) is 0 Å². The standard InChI is InChI=1S/C13H11N3O4/c17-10-4-2-7(12(18)16-10)11-14-8-3-1-6(13(19)20)5-9(8)15-11/h1,3,5,7H,2,4H2,(H,14,15)(H,19,20)(H,16,17,18). The zero-order valence-electron chi connectivity index (χ0n) is 10.3. The van der Waals surface area contributed by atoms with Gasteiger partial charge in [0.25, 0.3) is 0 Å². The van der Waals surface area contributed by atoms with E-state index in [2.05, 4.69) is 15.3 Å². The molecule has 1 atom stereocenters. The fourth-order valence-electron chi connectivity index (χ4n) is 2.28. The largest absolute Gasteiger partial charge is 0.478 e. The van der Waals surface area contributed by atoms with E-state index in [1.807, 2.05) is 0 Å². The Morgan fingerprint density at radius 3 is 2.85 bits per heavy atom. The van der Waals surface area contributed by atoms with Crippen molar-refractivity contribution in [2.45, 2.75) is 18.8 Å². The Balaban J connectivity index is 1.98. The molecule has 2 aromatic rings. The van der Waals surface area contributed by atoms with E-state index in [9.17, 15) is 14.4 Å². The van der Waals surface area contributed by atoms with Crippen molar-refractivity contribution in [1.29, 1.82) is 0 Å². The maximum absolute atomic E-state index is 11.8. The average molecular weight is 273 g/mol. The molecular formula is C13H11N3O4. The van der Waals surface area contributed by atoms with Gasteiger partial charge in [0.1, 0.15) is 5.82 Å². The lowest BCUT2D eigenvalue weighted by Crippen LogP contribution is -2.39. The Kier molecular flexibility index (Phi) is 2.74. The van der Waals surface area contributed by atoms with Crippen LogP contribution in [0.15, 0.2) is 18.2 Å². The van der Waals surface area contributed by atoms with Crippen LogP contribution in [-0.4, -0.2) is 32.9 Å². The number of imidazole rings is 1. The van der Waals surface area contributed by atoms with Crippen molar-refractivity contribution in [3.05, 3.63) is 29.6 Å². The molecule has 1 saturated heterocycles. The summed E-state index contributed by atoms with van der Waals surface area (Å²) in [6.45, 7) is 0. The third-order valence-corrected chi connectivity index (χ3v) is 3.32. The quantitative estimate of drug-likeness (QED) is 0.700. The number of fused-ring (bicyclic) bond motifs is 1. The zero-order chi connectivity index (χ0) is 14.3. The number of nitrogens with zero attached hydrogens (tertiary/aromatic N) is 1. The predicted molar refractivity (Wildman–Crippen MR) is 68.2 cm³/mol. The van der Waals surface area contributed by atoms with Gasteiger partial charge in [0.05, 0.1) is 22.5 Å². The molecule has 7 heteroatoms. The molecule has 2 amide bonds. The number of aromatic amines is 1. The van der Waals surface area contributed by atoms with E-state index < -0.39 is 11.9 Å². The average Bonchev–Trinajstić information content (AvgIpc) is 2.80. The van der Waals surface area contributed by atoms with E-state index in [0.29, 0.717) is 23.3 Å². The minimum Gasteiger partial charge on any atom is -0.478 e. The molecule has 1 fully saturated rings. The summed E-state index contributed by atoms with van der Waals surface area (Å²) >= 11 is 0. The first-order chi connectivity index (χ1) is 9.54. The number of aromatic nitrogens is 2. The Labute approximate surface area is 113 Å². The molecule has 102 valence electrons. The number of rotatable bonds is 2. The molecule has 0 saturated carbocycles. The van der Waals surface area contributed by atoms with Gasteiger partial charge in [0.15, 0.2) is 0 Å². The first kappa shape index (κ1) is 12.3. The molecule has 2 heterocycles. The molecule has 0 radical (unpaired) electrons. The summed E-state index contributed by atoms with van der Waals surface area (Å²) in [5, 5.41) is 11.2. The van der Waals surface area contributed by atoms with E-state index in [1.54, 1.807) is 6.07 Å². The summed E-state index contributed by atoms with van der Waals surface area (Å²) in [4.78, 5) is 41.0. The van der Waals surface area contributed by atoms with Crippen molar-refractivity contribution in [3.8, 4) is 0 Å². The number of aromatic carboxylic acids is 1. The van der Waals surface area contributed by atoms with E-state index in [-0.39, 0.29) is 23.8 Å². The molecule has 1 aromatic heterocycles. The Bertz CT molecular complexity index is 734. The van der Waals surface area contributed by atoms with Gasteiger partial charge in [-0.1, -0.05) is 0 Å². The second kappa shape index (κ2) is 4.44. The fourth-order valence-corrected chi connectivity index (χ4v) is 2.28. The first-order valence-electron chi connectivity index (χ1n) is 6.11. The van der Waals surface area contributed by atoms with Crippen LogP contribution in [0.25, 0.3) is 11.0 Å². The van der Waals surface area contributed by atoms with Gasteiger partial charge in [-0.15, -0.1) is 0 Å². The third kappa shape index (κ3) is 2.03. The van der Waals surface area contributed by atoms with Crippen LogP contribution >= 0.6 is 0 Å². The molecule has 0 spiro atoms. The third-order valence-electron chi connectivity index (χ3n) is 3.32. The van der Waals surface area contributed by atoms with Gasteiger partial charge in [-0.3, -0.25) is 14.9 Å². The van der Waals surface area contributed by atoms with Crippen LogP contribution in [0, 0.1) is 0 Å². The lowest BCUT2D eigenvalue weighted by atomic mass is 9.98. The number of nitrogens with one attached hydrogen (secondary N) is 2. The molecule has 1 aromatic carbocycles. The smallest absolute Gasteiger partial charge is 0.335 e. The molecule has 7 nitrogen and oxygen atoms in total. The molecule has 1 aliphatic heterocycles. The molecular weight excluding hydrogens is 262 g/mol. The van der Waals surface area contributed by atoms with Crippen LogP contribution in [0.1, 0.15) is 34.9 Å². The van der Waals surface area contributed by atoms with Gasteiger partial charge in [-0.25, -0.2) is 9.78 Å². The number of amides is 2. The molecule has 3 rings (SSSR count). The highest BCUT2D eigenvalue weighted by molar-refractivity contribution is 6.01. The van der Waals surface area contributed by atoms with Crippen LogP contribution < -0.4 is 5.32 Å². The minimum atomic E-state index is -1.02. The topological polar surface area (TPSA) is 112 Å². The molecule has 0 bridgehead atoms. The lowest BCUT2D eigenvalue weighted by molar-refractivity contribution is -0.134.